The molecule has 1 fully saturated rings. The summed E-state index contributed by atoms with van der Waals surface area (Å²) in [7, 11) is 3.48. The van der Waals surface area contributed by atoms with Crippen LogP contribution in [0.25, 0.3) is 0 Å². The molecule has 1 aromatic rings. The van der Waals surface area contributed by atoms with Gasteiger partial charge in [-0.25, -0.2) is 4.99 Å². The molecule has 6 heteroatoms. The van der Waals surface area contributed by atoms with Crippen LogP contribution in [0.2, 0.25) is 0 Å². The highest BCUT2D eigenvalue weighted by molar-refractivity contribution is 5.86. The molecule has 1 aliphatic rings. The van der Waals surface area contributed by atoms with Crippen molar-refractivity contribution in [2.45, 2.75) is 51.7 Å². The summed E-state index contributed by atoms with van der Waals surface area (Å²) in [5, 5.41) is 6.22. The van der Waals surface area contributed by atoms with Gasteiger partial charge in [0.15, 0.2) is 5.96 Å². The number of nitrogens with one attached hydrogen (secondary N) is 2. The number of carbonyl (C=O) groups is 1. The Bertz CT molecular complexity index is 578. The highest BCUT2D eigenvalue weighted by Crippen LogP contribution is 2.23. The van der Waals surface area contributed by atoms with Gasteiger partial charge in [-0.3, -0.25) is 4.79 Å². The number of hydrogen-bond donors (Lipinski definition) is 2. The predicted molar refractivity (Wildman–Crippen MR) is 105 cm³/mol. The molecule has 0 atom stereocenters. The second kappa shape index (κ2) is 10.7. The molecule has 1 saturated carbocycles. The van der Waals surface area contributed by atoms with Crippen molar-refractivity contribution in [1.29, 1.82) is 0 Å². The fourth-order valence-corrected chi connectivity index (χ4v) is 2.88. The Labute approximate surface area is 157 Å². The van der Waals surface area contributed by atoms with E-state index in [1.165, 1.54) is 19.3 Å². The summed E-state index contributed by atoms with van der Waals surface area (Å²) in [6.07, 6.45) is 6.57. The highest BCUT2D eigenvalue weighted by Gasteiger charge is 2.14. The lowest BCUT2D eigenvalue weighted by molar-refractivity contribution is -0.127. The molecular weight excluding hydrogens is 328 g/mol. The number of likely N-dealkylation sites (N-methyl/N-ethyl adjacent to an activating group) is 1. The van der Waals surface area contributed by atoms with Gasteiger partial charge in [0.2, 0.25) is 5.91 Å². The molecule has 2 rings (SSSR count). The van der Waals surface area contributed by atoms with Crippen LogP contribution in [-0.2, 0) is 11.3 Å². The smallest absolute Gasteiger partial charge is 0.241 e. The van der Waals surface area contributed by atoms with Gasteiger partial charge in [0.05, 0.1) is 19.2 Å². The maximum absolute atomic E-state index is 11.7. The van der Waals surface area contributed by atoms with Crippen LogP contribution >= 0.6 is 0 Å². The van der Waals surface area contributed by atoms with Gasteiger partial charge in [-0.15, -0.1) is 0 Å². The topological polar surface area (TPSA) is 66.0 Å². The SMILES string of the molecule is CCNC(=NCc1ccc(OC2CCCCC2)cc1)NCC(=O)N(C)C. The van der Waals surface area contributed by atoms with Crippen molar-refractivity contribution in [3.63, 3.8) is 0 Å². The predicted octanol–water partition coefficient (Wildman–Crippen LogP) is 2.54. The summed E-state index contributed by atoms with van der Waals surface area (Å²) >= 11 is 0. The van der Waals surface area contributed by atoms with E-state index < -0.39 is 0 Å². The number of guanidine groups is 1. The summed E-state index contributed by atoms with van der Waals surface area (Å²) in [4.78, 5) is 17.8. The van der Waals surface area contributed by atoms with E-state index in [1.54, 1.807) is 19.0 Å². The largest absolute Gasteiger partial charge is 0.490 e. The first kappa shape index (κ1) is 20.1. The molecule has 144 valence electrons. The molecule has 2 N–H and O–H groups in total. The zero-order valence-corrected chi connectivity index (χ0v) is 16.3. The quantitative estimate of drug-likeness (QED) is 0.579. The van der Waals surface area contributed by atoms with Gasteiger partial charge in [-0.1, -0.05) is 18.6 Å². The van der Waals surface area contributed by atoms with Crippen LogP contribution in [0.4, 0.5) is 0 Å². The van der Waals surface area contributed by atoms with Crippen molar-refractivity contribution in [2.24, 2.45) is 4.99 Å². The van der Waals surface area contributed by atoms with E-state index in [4.69, 9.17) is 4.74 Å². The first-order valence-corrected chi connectivity index (χ1v) is 9.56. The van der Waals surface area contributed by atoms with Gasteiger partial charge < -0.3 is 20.3 Å². The molecule has 0 aliphatic heterocycles. The molecule has 26 heavy (non-hydrogen) atoms. The molecule has 0 bridgehead atoms. The summed E-state index contributed by atoms with van der Waals surface area (Å²) in [6.45, 7) is 3.53. The van der Waals surface area contributed by atoms with Crippen molar-refractivity contribution >= 4 is 11.9 Å². The Balaban J connectivity index is 1.86. The van der Waals surface area contributed by atoms with Gasteiger partial charge in [0.25, 0.3) is 0 Å². The average Bonchev–Trinajstić information content (AvgIpc) is 2.65. The van der Waals surface area contributed by atoms with E-state index >= 15 is 0 Å². The third-order valence-electron chi connectivity index (χ3n) is 4.45. The van der Waals surface area contributed by atoms with Crippen LogP contribution < -0.4 is 15.4 Å². The van der Waals surface area contributed by atoms with Gasteiger partial charge in [-0.2, -0.15) is 0 Å². The Hall–Kier alpha value is -2.24. The number of ether oxygens (including phenoxy) is 1. The summed E-state index contributed by atoms with van der Waals surface area (Å²) < 4.78 is 6.06. The minimum Gasteiger partial charge on any atom is -0.490 e. The molecule has 0 heterocycles. The number of amides is 1. The third kappa shape index (κ3) is 6.94. The first-order valence-electron chi connectivity index (χ1n) is 9.56. The zero-order chi connectivity index (χ0) is 18.8. The van der Waals surface area contributed by atoms with Crippen molar-refractivity contribution < 1.29 is 9.53 Å². The standard InChI is InChI=1S/C20H32N4O2/c1-4-21-20(23-15-19(25)24(2)3)22-14-16-10-12-18(13-11-16)26-17-8-6-5-7-9-17/h10-13,17H,4-9,14-15H2,1-3H3,(H2,21,22,23). The monoisotopic (exact) mass is 360 g/mol. The maximum Gasteiger partial charge on any atom is 0.241 e. The number of benzene rings is 1. The van der Waals surface area contributed by atoms with Crippen molar-refractivity contribution in [1.82, 2.24) is 15.5 Å². The Morgan fingerprint density at radius 3 is 2.46 bits per heavy atom. The van der Waals surface area contributed by atoms with Crippen molar-refractivity contribution in [2.75, 3.05) is 27.2 Å². The van der Waals surface area contributed by atoms with E-state index in [1.807, 2.05) is 19.1 Å². The number of nitrogens with zero attached hydrogens (tertiary/aromatic N) is 2. The lowest BCUT2D eigenvalue weighted by Crippen LogP contribution is -2.42. The zero-order valence-electron chi connectivity index (χ0n) is 16.3. The van der Waals surface area contributed by atoms with Crippen molar-refractivity contribution in [3.8, 4) is 5.75 Å². The Morgan fingerprint density at radius 2 is 1.85 bits per heavy atom. The number of carbonyl (C=O) groups excluding carboxylic acids is 1. The molecule has 0 spiro atoms. The number of rotatable bonds is 7. The van der Waals surface area contributed by atoms with Crippen LogP contribution in [0.15, 0.2) is 29.3 Å². The molecule has 0 aromatic heterocycles. The van der Waals surface area contributed by atoms with Crippen LogP contribution in [0.1, 0.15) is 44.6 Å². The summed E-state index contributed by atoms with van der Waals surface area (Å²) in [5.41, 5.74) is 1.11. The molecular formula is C20H32N4O2. The lowest BCUT2D eigenvalue weighted by Gasteiger charge is -2.23. The third-order valence-corrected chi connectivity index (χ3v) is 4.45. The maximum atomic E-state index is 11.7. The molecule has 1 aliphatic carbocycles. The van der Waals surface area contributed by atoms with Crippen LogP contribution in [-0.4, -0.2) is 50.1 Å². The van der Waals surface area contributed by atoms with Crippen LogP contribution in [0.3, 0.4) is 0 Å². The molecule has 0 unspecified atom stereocenters. The van der Waals surface area contributed by atoms with E-state index in [0.29, 0.717) is 18.6 Å². The normalized spacial score (nSPS) is 15.4. The van der Waals surface area contributed by atoms with Gasteiger partial charge in [0, 0.05) is 20.6 Å². The van der Waals surface area contributed by atoms with E-state index in [9.17, 15) is 4.79 Å². The second-order valence-corrected chi connectivity index (χ2v) is 6.86. The van der Waals surface area contributed by atoms with Gasteiger partial charge in [0.1, 0.15) is 5.75 Å². The Kier molecular flexibility index (Phi) is 8.25. The highest BCUT2D eigenvalue weighted by atomic mass is 16.5. The van der Waals surface area contributed by atoms with E-state index in [2.05, 4.69) is 27.8 Å². The summed E-state index contributed by atoms with van der Waals surface area (Å²) in [6, 6.07) is 8.15. The first-order chi connectivity index (χ1) is 12.6. The molecule has 1 amide bonds. The molecule has 0 saturated heterocycles. The van der Waals surface area contributed by atoms with Crippen LogP contribution in [0, 0.1) is 0 Å². The minimum absolute atomic E-state index is 0.0137. The molecule has 0 radical (unpaired) electrons. The van der Waals surface area contributed by atoms with Crippen LogP contribution in [0.5, 0.6) is 5.75 Å². The number of hydrogen-bond acceptors (Lipinski definition) is 3. The second-order valence-electron chi connectivity index (χ2n) is 6.86. The number of aliphatic imine (C=N–C) groups is 1. The van der Waals surface area contributed by atoms with E-state index in [-0.39, 0.29) is 12.5 Å². The van der Waals surface area contributed by atoms with Crippen molar-refractivity contribution in [3.05, 3.63) is 29.8 Å². The molecule has 6 nitrogen and oxygen atoms in total. The molecule has 1 aromatic carbocycles. The van der Waals surface area contributed by atoms with Gasteiger partial charge >= 0.3 is 0 Å². The summed E-state index contributed by atoms with van der Waals surface area (Å²) in [5.74, 6) is 1.59. The lowest BCUT2D eigenvalue weighted by atomic mass is 9.98. The average molecular weight is 361 g/mol. The fourth-order valence-electron chi connectivity index (χ4n) is 2.88. The van der Waals surface area contributed by atoms with Gasteiger partial charge in [-0.05, 0) is 50.3 Å². The van der Waals surface area contributed by atoms with E-state index in [0.717, 1.165) is 30.7 Å². The minimum atomic E-state index is 0.0137. The Morgan fingerprint density at radius 1 is 1.15 bits per heavy atom. The fraction of sp³-hybridized carbons (Fsp3) is 0.600.